The molecule has 78 valence electrons. The summed E-state index contributed by atoms with van der Waals surface area (Å²) in [4.78, 5) is 3.93. The van der Waals surface area contributed by atoms with Gasteiger partial charge in [-0.25, -0.2) is 0 Å². The second-order valence-electron chi connectivity index (χ2n) is 3.28. The summed E-state index contributed by atoms with van der Waals surface area (Å²) in [7, 11) is 0. The van der Waals surface area contributed by atoms with Crippen molar-refractivity contribution < 1.29 is 4.42 Å². The minimum Gasteiger partial charge on any atom is -0.411 e. The van der Waals surface area contributed by atoms with Crippen LogP contribution in [0.1, 0.15) is 13.8 Å². The van der Waals surface area contributed by atoms with E-state index in [9.17, 15) is 0 Å². The van der Waals surface area contributed by atoms with Crippen LogP contribution in [-0.4, -0.2) is 20.4 Å². The van der Waals surface area contributed by atoms with E-state index in [4.69, 9.17) is 4.42 Å². The van der Waals surface area contributed by atoms with Crippen LogP contribution in [0.25, 0.3) is 11.5 Å². The Hall–Kier alpha value is -1.36. The van der Waals surface area contributed by atoms with Gasteiger partial charge in [0.15, 0.2) is 0 Å². The SMILES string of the molecule is CC(C)Sc1nnc(-c2ccncc2)o1. The van der Waals surface area contributed by atoms with Crippen molar-refractivity contribution in [1.82, 2.24) is 15.2 Å². The highest BCUT2D eigenvalue weighted by molar-refractivity contribution is 7.99. The molecule has 2 aromatic heterocycles. The third-order valence-corrected chi connectivity index (χ3v) is 2.51. The Balaban J connectivity index is 2.21. The Labute approximate surface area is 92.1 Å². The van der Waals surface area contributed by atoms with Crippen molar-refractivity contribution in [2.75, 3.05) is 0 Å². The predicted octanol–water partition coefficient (Wildman–Crippen LogP) is 2.63. The molecule has 0 aliphatic rings. The summed E-state index contributed by atoms with van der Waals surface area (Å²) in [5, 5.41) is 8.98. The summed E-state index contributed by atoms with van der Waals surface area (Å²) in [6.07, 6.45) is 3.41. The maximum Gasteiger partial charge on any atom is 0.277 e. The maximum atomic E-state index is 5.49. The predicted molar refractivity (Wildman–Crippen MR) is 58.5 cm³/mol. The highest BCUT2D eigenvalue weighted by Gasteiger charge is 2.09. The Morgan fingerprint density at radius 3 is 2.60 bits per heavy atom. The fourth-order valence-corrected chi connectivity index (χ4v) is 1.69. The molecule has 0 N–H and O–H groups in total. The van der Waals surface area contributed by atoms with Crippen LogP contribution in [0.15, 0.2) is 34.2 Å². The molecule has 2 rings (SSSR count). The number of hydrogen-bond donors (Lipinski definition) is 0. The number of aromatic nitrogens is 3. The number of pyridine rings is 1. The summed E-state index contributed by atoms with van der Waals surface area (Å²) in [6.45, 7) is 4.17. The van der Waals surface area contributed by atoms with E-state index in [2.05, 4.69) is 29.0 Å². The quantitative estimate of drug-likeness (QED) is 0.746. The standard InChI is InChI=1S/C10H11N3OS/c1-7(2)15-10-13-12-9(14-10)8-3-5-11-6-4-8/h3-7H,1-2H3. The first-order valence-electron chi connectivity index (χ1n) is 4.66. The third-order valence-electron chi connectivity index (χ3n) is 1.67. The molecule has 0 spiro atoms. The summed E-state index contributed by atoms with van der Waals surface area (Å²) < 4.78 is 5.49. The molecule has 0 aromatic carbocycles. The molecule has 0 radical (unpaired) electrons. The van der Waals surface area contributed by atoms with Crippen molar-refractivity contribution in [3.63, 3.8) is 0 Å². The van der Waals surface area contributed by atoms with Crippen LogP contribution in [0.3, 0.4) is 0 Å². The molecule has 0 unspecified atom stereocenters. The summed E-state index contributed by atoms with van der Waals surface area (Å²) in [6, 6.07) is 3.69. The van der Waals surface area contributed by atoms with Crippen molar-refractivity contribution in [3.8, 4) is 11.5 Å². The first-order chi connectivity index (χ1) is 7.25. The Bertz CT molecular complexity index is 427. The summed E-state index contributed by atoms with van der Waals surface area (Å²) in [5.41, 5.74) is 0.896. The van der Waals surface area contributed by atoms with Gasteiger partial charge in [-0.3, -0.25) is 4.98 Å². The van der Waals surface area contributed by atoms with Gasteiger partial charge in [-0.15, -0.1) is 10.2 Å². The fourth-order valence-electron chi connectivity index (χ4n) is 1.07. The zero-order chi connectivity index (χ0) is 10.7. The van der Waals surface area contributed by atoms with Crippen molar-refractivity contribution in [1.29, 1.82) is 0 Å². The molecule has 0 saturated heterocycles. The van der Waals surface area contributed by atoms with E-state index < -0.39 is 0 Å². The Morgan fingerprint density at radius 2 is 1.93 bits per heavy atom. The molecule has 2 heterocycles. The fraction of sp³-hybridized carbons (Fsp3) is 0.300. The lowest BCUT2D eigenvalue weighted by atomic mass is 10.3. The van der Waals surface area contributed by atoms with Crippen molar-refractivity contribution in [2.45, 2.75) is 24.3 Å². The minimum atomic E-state index is 0.441. The molecule has 4 nitrogen and oxygen atoms in total. The number of nitrogens with zero attached hydrogens (tertiary/aromatic N) is 3. The lowest BCUT2D eigenvalue weighted by molar-refractivity contribution is 0.465. The highest BCUT2D eigenvalue weighted by atomic mass is 32.2. The smallest absolute Gasteiger partial charge is 0.277 e. The van der Waals surface area contributed by atoms with E-state index in [0.717, 1.165) is 5.56 Å². The molecule has 0 atom stereocenters. The van der Waals surface area contributed by atoms with E-state index >= 15 is 0 Å². The minimum absolute atomic E-state index is 0.441. The Morgan fingerprint density at radius 1 is 1.20 bits per heavy atom. The largest absolute Gasteiger partial charge is 0.411 e. The molecule has 0 fully saturated rings. The first-order valence-corrected chi connectivity index (χ1v) is 5.54. The normalized spacial score (nSPS) is 10.9. The van der Waals surface area contributed by atoms with Crippen molar-refractivity contribution in [3.05, 3.63) is 24.5 Å². The van der Waals surface area contributed by atoms with Crippen molar-refractivity contribution >= 4 is 11.8 Å². The van der Waals surface area contributed by atoms with Gasteiger partial charge in [0, 0.05) is 23.2 Å². The van der Waals surface area contributed by atoms with Gasteiger partial charge in [-0.05, 0) is 12.1 Å². The van der Waals surface area contributed by atoms with Crippen LogP contribution in [0.5, 0.6) is 0 Å². The highest BCUT2D eigenvalue weighted by Crippen LogP contribution is 2.25. The van der Waals surface area contributed by atoms with Gasteiger partial charge in [0.2, 0.25) is 5.89 Å². The number of rotatable bonds is 3. The maximum absolute atomic E-state index is 5.49. The molecule has 2 aromatic rings. The van der Waals surface area contributed by atoms with Crippen LogP contribution >= 0.6 is 11.8 Å². The molecule has 5 heteroatoms. The number of hydrogen-bond acceptors (Lipinski definition) is 5. The average molecular weight is 221 g/mol. The third kappa shape index (κ3) is 2.56. The van der Waals surface area contributed by atoms with Gasteiger partial charge >= 0.3 is 0 Å². The lowest BCUT2D eigenvalue weighted by Gasteiger charge is -1.96. The van der Waals surface area contributed by atoms with Gasteiger partial charge in [-0.2, -0.15) is 0 Å². The van der Waals surface area contributed by atoms with E-state index in [1.54, 1.807) is 24.2 Å². The molecule has 15 heavy (non-hydrogen) atoms. The van der Waals surface area contributed by atoms with Crippen LogP contribution in [-0.2, 0) is 0 Å². The van der Waals surface area contributed by atoms with E-state index in [1.807, 2.05) is 12.1 Å². The topological polar surface area (TPSA) is 51.8 Å². The summed E-state index contributed by atoms with van der Waals surface area (Å²) in [5.74, 6) is 0.542. The molecule has 0 bridgehead atoms. The van der Waals surface area contributed by atoms with E-state index in [1.165, 1.54) is 0 Å². The lowest BCUT2D eigenvalue weighted by Crippen LogP contribution is -1.84. The van der Waals surface area contributed by atoms with Gasteiger partial charge < -0.3 is 4.42 Å². The monoisotopic (exact) mass is 221 g/mol. The van der Waals surface area contributed by atoms with Crippen molar-refractivity contribution in [2.24, 2.45) is 0 Å². The van der Waals surface area contributed by atoms with E-state index in [0.29, 0.717) is 16.4 Å². The summed E-state index contributed by atoms with van der Waals surface area (Å²) >= 11 is 1.56. The van der Waals surface area contributed by atoms with Gasteiger partial charge in [0.05, 0.1) is 0 Å². The van der Waals surface area contributed by atoms with Gasteiger partial charge in [0.1, 0.15) is 0 Å². The van der Waals surface area contributed by atoms with Crippen LogP contribution in [0, 0.1) is 0 Å². The molecule has 0 saturated carbocycles. The second-order valence-corrected chi connectivity index (χ2v) is 4.80. The molecular formula is C10H11N3OS. The molecule has 0 aliphatic carbocycles. The Kier molecular flexibility index (Phi) is 3.01. The molecular weight excluding hydrogens is 210 g/mol. The van der Waals surface area contributed by atoms with Crippen LogP contribution in [0.2, 0.25) is 0 Å². The van der Waals surface area contributed by atoms with Crippen LogP contribution < -0.4 is 0 Å². The zero-order valence-electron chi connectivity index (χ0n) is 8.54. The molecule has 0 aliphatic heterocycles. The first kappa shape index (κ1) is 10.2. The average Bonchev–Trinajstić information content (AvgIpc) is 2.67. The second kappa shape index (κ2) is 4.44. The zero-order valence-corrected chi connectivity index (χ0v) is 9.36. The van der Waals surface area contributed by atoms with E-state index in [-0.39, 0.29) is 0 Å². The van der Waals surface area contributed by atoms with Gasteiger partial charge in [-0.1, -0.05) is 25.6 Å². The number of thioether (sulfide) groups is 1. The van der Waals surface area contributed by atoms with Gasteiger partial charge in [0.25, 0.3) is 5.22 Å². The molecule has 0 amide bonds. The van der Waals surface area contributed by atoms with Crippen LogP contribution in [0.4, 0.5) is 0 Å².